The molecule has 4 aromatic carbocycles. The van der Waals surface area contributed by atoms with Crippen molar-refractivity contribution in [1.29, 1.82) is 0 Å². The number of benzene rings is 4. The predicted molar refractivity (Wildman–Crippen MR) is 157 cm³/mol. The number of hydrogen-bond acceptors (Lipinski definition) is 0. The molecule has 0 spiro atoms. The van der Waals surface area contributed by atoms with Gasteiger partial charge in [0.05, 0.1) is 22.1 Å². The second kappa shape index (κ2) is 7.74. The minimum atomic E-state index is 0.859. The summed E-state index contributed by atoms with van der Waals surface area (Å²) in [5, 5.41) is 5.52. The van der Waals surface area contributed by atoms with Crippen molar-refractivity contribution in [3.63, 3.8) is 0 Å². The van der Waals surface area contributed by atoms with Gasteiger partial charge in [-0.1, -0.05) is 41.5 Å². The molecule has 2 heteroatoms. The number of hydrogen-bond donors (Lipinski definition) is 0. The third-order valence-corrected chi connectivity index (χ3v) is 8.59. The molecule has 0 amide bonds. The first-order valence-electron chi connectivity index (χ1n) is 13.1. The molecule has 0 aliphatic heterocycles. The van der Waals surface area contributed by atoms with E-state index in [0.29, 0.717) is 0 Å². The van der Waals surface area contributed by atoms with Gasteiger partial charge in [-0.05, 0) is 106 Å². The zero-order valence-electron chi connectivity index (χ0n) is 23.1. The zero-order chi connectivity index (χ0) is 25.6. The molecule has 182 valence electrons. The van der Waals surface area contributed by atoms with E-state index in [1.807, 2.05) is 0 Å². The minimum absolute atomic E-state index is 0.859. The molecular weight excluding hydrogens is 436 g/mol. The first kappa shape index (κ1) is 22.9. The highest BCUT2D eigenvalue weighted by Crippen LogP contribution is 2.40. The average Bonchev–Trinajstić information content (AvgIpc) is 3.27. The van der Waals surface area contributed by atoms with E-state index in [4.69, 9.17) is 0 Å². The van der Waals surface area contributed by atoms with Crippen LogP contribution in [0.5, 0.6) is 0 Å². The van der Waals surface area contributed by atoms with Gasteiger partial charge in [0.25, 0.3) is 0 Å². The molecule has 0 fully saturated rings. The minimum Gasteiger partial charge on any atom is -0.343 e. The van der Waals surface area contributed by atoms with E-state index in [2.05, 4.69) is 114 Å². The third-order valence-electron chi connectivity index (χ3n) is 8.59. The molecule has 0 atom stereocenters. The second-order valence-electron chi connectivity index (χ2n) is 11.2. The SMILES string of the molecule is Cc1cc(C)c2c(c1)c1cc(C)cc(C)c1n2Cc1cc(C)c(C)c2c1c1ccc(C)c(C)c1n2C. The third kappa shape index (κ3) is 3.03. The fourth-order valence-electron chi connectivity index (χ4n) is 6.85. The summed E-state index contributed by atoms with van der Waals surface area (Å²) in [6, 6.07) is 16.5. The first-order valence-corrected chi connectivity index (χ1v) is 13.1. The molecule has 0 aliphatic carbocycles. The largest absolute Gasteiger partial charge is 0.343 e. The van der Waals surface area contributed by atoms with Gasteiger partial charge in [0.15, 0.2) is 0 Å². The Morgan fingerprint density at radius 2 is 1.08 bits per heavy atom. The van der Waals surface area contributed by atoms with Gasteiger partial charge >= 0.3 is 0 Å². The van der Waals surface area contributed by atoms with Crippen LogP contribution >= 0.6 is 0 Å². The highest BCUT2D eigenvalue weighted by Gasteiger charge is 2.21. The Labute approximate surface area is 214 Å². The molecule has 0 radical (unpaired) electrons. The number of aryl methyl sites for hydroxylation is 9. The van der Waals surface area contributed by atoms with Gasteiger partial charge < -0.3 is 9.13 Å². The Hall–Kier alpha value is -3.52. The molecule has 0 bridgehead atoms. The van der Waals surface area contributed by atoms with Crippen molar-refractivity contribution in [2.45, 2.75) is 61.9 Å². The first-order chi connectivity index (χ1) is 17.1. The van der Waals surface area contributed by atoms with Crippen molar-refractivity contribution < 1.29 is 0 Å². The Morgan fingerprint density at radius 1 is 0.528 bits per heavy atom. The van der Waals surface area contributed by atoms with Crippen LogP contribution < -0.4 is 0 Å². The molecule has 6 rings (SSSR count). The molecule has 2 aromatic heterocycles. The summed E-state index contributed by atoms with van der Waals surface area (Å²) in [6.45, 7) is 18.9. The molecule has 6 aromatic rings. The van der Waals surface area contributed by atoms with Crippen LogP contribution in [0.25, 0.3) is 43.6 Å². The lowest BCUT2D eigenvalue weighted by atomic mass is 9.97. The molecule has 2 heterocycles. The summed E-state index contributed by atoms with van der Waals surface area (Å²) in [5.41, 5.74) is 17.7. The van der Waals surface area contributed by atoms with Gasteiger partial charge in [-0.25, -0.2) is 0 Å². The molecule has 0 unspecified atom stereocenters. The summed E-state index contributed by atoms with van der Waals surface area (Å²) in [6.07, 6.45) is 0. The molecule has 0 saturated carbocycles. The van der Waals surface area contributed by atoms with Crippen LogP contribution in [-0.2, 0) is 13.6 Å². The lowest BCUT2D eigenvalue weighted by molar-refractivity contribution is 0.868. The summed E-state index contributed by atoms with van der Waals surface area (Å²) in [4.78, 5) is 0. The maximum Gasteiger partial charge on any atom is 0.0524 e. The van der Waals surface area contributed by atoms with Crippen LogP contribution in [0.2, 0.25) is 0 Å². The van der Waals surface area contributed by atoms with Crippen LogP contribution in [0.15, 0.2) is 42.5 Å². The summed E-state index contributed by atoms with van der Waals surface area (Å²) in [5.74, 6) is 0. The van der Waals surface area contributed by atoms with Gasteiger partial charge in [-0.3, -0.25) is 0 Å². The zero-order valence-corrected chi connectivity index (χ0v) is 23.1. The van der Waals surface area contributed by atoms with Crippen LogP contribution in [0.3, 0.4) is 0 Å². The van der Waals surface area contributed by atoms with E-state index < -0.39 is 0 Å². The van der Waals surface area contributed by atoms with Crippen LogP contribution in [0.4, 0.5) is 0 Å². The molecule has 36 heavy (non-hydrogen) atoms. The number of rotatable bonds is 2. The number of nitrogens with zero attached hydrogens (tertiary/aromatic N) is 2. The van der Waals surface area contributed by atoms with Crippen molar-refractivity contribution in [1.82, 2.24) is 9.13 Å². The van der Waals surface area contributed by atoms with Crippen molar-refractivity contribution in [3.05, 3.63) is 92.5 Å². The number of aromatic nitrogens is 2. The second-order valence-corrected chi connectivity index (χ2v) is 11.2. The topological polar surface area (TPSA) is 9.86 Å². The van der Waals surface area contributed by atoms with Crippen molar-refractivity contribution in [2.24, 2.45) is 7.05 Å². The van der Waals surface area contributed by atoms with E-state index in [-0.39, 0.29) is 0 Å². The standard InChI is InChI=1S/C34H36N2/c1-18-12-22(5)31-28(14-18)29-15-19(2)13-23(6)32(29)36(31)17-26-16-21(4)25(8)34-30(26)27-11-10-20(3)24(7)33(27)35(34)9/h10-16H,17H2,1-9H3. The Bertz CT molecular complexity index is 1820. The monoisotopic (exact) mass is 472 g/mol. The van der Waals surface area contributed by atoms with Crippen LogP contribution in [0.1, 0.15) is 50.1 Å². The smallest absolute Gasteiger partial charge is 0.0524 e. The van der Waals surface area contributed by atoms with Crippen LogP contribution in [0, 0.1) is 55.4 Å². The van der Waals surface area contributed by atoms with E-state index >= 15 is 0 Å². The molecular formula is C34H36N2. The van der Waals surface area contributed by atoms with E-state index in [1.165, 1.54) is 93.7 Å². The number of fused-ring (bicyclic) bond motifs is 6. The fourth-order valence-corrected chi connectivity index (χ4v) is 6.85. The lowest BCUT2D eigenvalue weighted by Crippen LogP contribution is -2.04. The lowest BCUT2D eigenvalue weighted by Gasteiger charge is -2.15. The maximum atomic E-state index is 2.59. The van der Waals surface area contributed by atoms with Crippen molar-refractivity contribution in [2.75, 3.05) is 0 Å². The van der Waals surface area contributed by atoms with Gasteiger partial charge in [0, 0.05) is 35.1 Å². The van der Waals surface area contributed by atoms with E-state index in [0.717, 1.165) is 6.54 Å². The fraction of sp³-hybridized carbons (Fsp3) is 0.294. The Kier molecular flexibility index (Phi) is 4.92. The van der Waals surface area contributed by atoms with Gasteiger partial charge in [-0.15, -0.1) is 0 Å². The Balaban J connectivity index is 1.76. The quantitative estimate of drug-likeness (QED) is 0.238. The molecule has 2 nitrogen and oxygen atoms in total. The maximum absolute atomic E-state index is 2.59. The normalized spacial score (nSPS) is 12.1. The Morgan fingerprint density at radius 3 is 1.67 bits per heavy atom. The van der Waals surface area contributed by atoms with Crippen LogP contribution in [-0.4, -0.2) is 9.13 Å². The highest BCUT2D eigenvalue weighted by molar-refractivity contribution is 6.13. The van der Waals surface area contributed by atoms with E-state index in [9.17, 15) is 0 Å². The predicted octanol–water partition coefficient (Wildman–Crippen LogP) is 8.96. The average molecular weight is 473 g/mol. The molecule has 0 aliphatic rings. The van der Waals surface area contributed by atoms with Crippen molar-refractivity contribution in [3.8, 4) is 0 Å². The molecule has 0 saturated heterocycles. The van der Waals surface area contributed by atoms with Crippen molar-refractivity contribution >= 4 is 43.6 Å². The highest BCUT2D eigenvalue weighted by atomic mass is 15.0. The summed E-state index contributed by atoms with van der Waals surface area (Å²) < 4.78 is 5.03. The van der Waals surface area contributed by atoms with Gasteiger partial charge in [0.1, 0.15) is 0 Å². The van der Waals surface area contributed by atoms with Gasteiger partial charge in [0.2, 0.25) is 0 Å². The van der Waals surface area contributed by atoms with E-state index in [1.54, 1.807) is 0 Å². The summed E-state index contributed by atoms with van der Waals surface area (Å²) in [7, 11) is 2.24. The summed E-state index contributed by atoms with van der Waals surface area (Å²) >= 11 is 0. The van der Waals surface area contributed by atoms with Gasteiger partial charge in [-0.2, -0.15) is 0 Å². The molecule has 0 N–H and O–H groups in total.